The number of phosphoric ester groups is 1. The maximum Gasteiger partial charge on any atom is 0.472 e. The van der Waals surface area contributed by atoms with Gasteiger partial charge in [-0.1, -0.05) is 118 Å². The van der Waals surface area contributed by atoms with Crippen LogP contribution in [0, 0.1) is 0 Å². The molecular formula is C44H73O11P. The summed E-state index contributed by atoms with van der Waals surface area (Å²) in [6.07, 6.45) is 44.3. The molecule has 0 fully saturated rings. The Morgan fingerprint density at radius 1 is 0.554 bits per heavy atom. The minimum Gasteiger partial charge on any atom is -0.462 e. The molecule has 0 aromatic heterocycles. The predicted octanol–water partition coefficient (Wildman–Crippen LogP) is 9.64. The standard InChI is InChI=1S/C44H73O11P/c1-2-3-4-5-6-7-8-9-13-17-20-23-26-29-32-35-44(49)55-42(40-54-56(50,51)53-38-41(47)37-46)39-52-43(48)34-31-28-25-22-19-16-14-11-10-12-15-18-21-24-27-30-33-36-45/h3-4,6-7,9-10,12-14,16,18,21-22,25,41-42,45-47H,2,5,8,11,15,17,19-20,23-24,26-40H2,1H3,(H,50,51)/b4-3-,7-6-,12-10-,13-9-,16-14-,21-18-,25-22-/t41-,42+/m0/s1. The van der Waals surface area contributed by atoms with Crippen LogP contribution in [0.25, 0.3) is 0 Å². The average molecular weight is 809 g/mol. The van der Waals surface area contributed by atoms with Crippen LogP contribution >= 0.6 is 7.82 Å². The van der Waals surface area contributed by atoms with Crippen LogP contribution in [-0.2, 0) is 32.7 Å². The second kappa shape index (κ2) is 40.3. The molecule has 11 nitrogen and oxygen atoms in total. The zero-order chi connectivity index (χ0) is 41.2. The molecule has 0 spiro atoms. The maximum atomic E-state index is 12.6. The van der Waals surface area contributed by atoms with Crippen molar-refractivity contribution in [2.45, 2.75) is 148 Å². The van der Waals surface area contributed by atoms with Crippen molar-refractivity contribution in [3.63, 3.8) is 0 Å². The van der Waals surface area contributed by atoms with E-state index >= 15 is 0 Å². The highest BCUT2D eigenvalue weighted by Gasteiger charge is 2.27. The Labute approximate surface area is 337 Å². The van der Waals surface area contributed by atoms with Gasteiger partial charge < -0.3 is 29.7 Å². The largest absolute Gasteiger partial charge is 0.472 e. The molecule has 0 saturated heterocycles. The van der Waals surface area contributed by atoms with Crippen LogP contribution in [0.15, 0.2) is 85.1 Å². The van der Waals surface area contributed by atoms with E-state index in [2.05, 4.69) is 84.4 Å². The van der Waals surface area contributed by atoms with E-state index in [0.29, 0.717) is 19.3 Å². The Bertz CT molecular complexity index is 1210. The fraction of sp³-hybridized carbons (Fsp3) is 0.636. The van der Waals surface area contributed by atoms with Gasteiger partial charge in [0.1, 0.15) is 12.7 Å². The molecule has 12 heteroatoms. The summed E-state index contributed by atoms with van der Waals surface area (Å²) < 4.78 is 32.6. The van der Waals surface area contributed by atoms with Crippen LogP contribution < -0.4 is 0 Å². The molecule has 0 rings (SSSR count). The highest BCUT2D eigenvalue weighted by atomic mass is 31.2. The predicted molar refractivity (Wildman–Crippen MR) is 225 cm³/mol. The van der Waals surface area contributed by atoms with Gasteiger partial charge in [-0.25, -0.2) is 4.57 Å². The van der Waals surface area contributed by atoms with Gasteiger partial charge in [0.25, 0.3) is 0 Å². The van der Waals surface area contributed by atoms with Crippen molar-refractivity contribution in [2.24, 2.45) is 0 Å². The lowest BCUT2D eigenvalue weighted by Crippen LogP contribution is -2.29. The van der Waals surface area contributed by atoms with Crippen molar-refractivity contribution in [1.29, 1.82) is 0 Å². The third-order valence-corrected chi connectivity index (χ3v) is 9.04. The Kier molecular flexibility index (Phi) is 38.2. The lowest BCUT2D eigenvalue weighted by molar-refractivity contribution is -0.161. The first-order valence-corrected chi connectivity index (χ1v) is 22.1. The summed E-state index contributed by atoms with van der Waals surface area (Å²) >= 11 is 0. The number of hydrogen-bond acceptors (Lipinski definition) is 10. The second-order valence-corrected chi connectivity index (χ2v) is 14.8. The van der Waals surface area contributed by atoms with Crippen molar-refractivity contribution in [1.82, 2.24) is 0 Å². The van der Waals surface area contributed by atoms with Crippen molar-refractivity contribution < 1.29 is 52.9 Å². The summed E-state index contributed by atoms with van der Waals surface area (Å²) in [5, 5.41) is 27.1. The van der Waals surface area contributed by atoms with Gasteiger partial charge >= 0.3 is 19.8 Å². The number of carbonyl (C=O) groups excluding carboxylic acids is 2. The summed E-state index contributed by atoms with van der Waals surface area (Å²) in [6.45, 7) is 0.158. The molecule has 4 N–H and O–H groups in total. The minimum atomic E-state index is -4.64. The molecule has 0 aromatic rings. The topological polar surface area (TPSA) is 169 Å². The highest BCUT2D eigenvalue weighted by molar-refractivity contribution is 7.47. The van der Waals surface area contributed by atoms with Gasteiger partial charge in [-0.15, -0.1) is 0 Å². The zero-order valence-corrected chi connectivity index (χ0v) is 34.9. The molecule has 1 unspecified atom stereocenters. The van der Waals surface area contributed by atoms with Crippen molar-refractivity contribution in [2.75, 3.05) is 33.0 Å². The molecule has 0 heterocycles. The first-order chi connectivity index (χ1) is 27.2. The molecule has 0 radical (unpaired) electrons. The molecule has 0 aliphatic rings. The van der Waals surface area contributed by atoms with Gasteiger partial charge in [-0.3, -0.25) is 18.6 Å². The van der Waals surface area contributed by atoms with E-state index in [1.165, 1.54) is 0 Å². The van der Waals surface area contributed by atoms with Crippen LogP contribution in [0.2, 0.25) is 0 Å². The fourth-order valence-corrected chi connectivity index (χ4v) is 5.71. The van der Waals surface area contributed by atoms with Gasteiger partial charge in [0.15, 0.2) is 6.10 Å². The number of aliphatic hydroxyl groups excluding tert-OH is 3. The Hall–Kier alpha value is -2.89. The number of esters is 2. The lowest BCUT2D eigenvalue weighted by Gasteiger charge is -2.20. The highest BCUT2D eigenvalue weighted by Crippen LogP contribution is 2.43. The van der Waals surface area contributed by atoms with Crippen LogP contribution in [0.5, 0.6) is 0 Å². The molecular weight excluding hydrogens is 735 g/mol. The Balaban J connectivity index is 4.45. The molecule has 0 saturated carbocycles. The van der Waals surface area contributed by atoms with Gasteiger partial charge in [-0.2, -0.15) is 0 Å². The summed E-state index contributed by atoms with van der Waals surface area (Å²) in [6, 6.07) is 0. The minimum absolute atomic E-state index is 0.143. The smallest absolute Gasteiger partial charge is 0.462 e. The number of allylic oxidation sites excluding steroid dienone is 14. The molecule has 0 amide bonds. The SMILES string of the molecule is CC/C=C\C/C=C\C/C=C\CCCCCCCC(=O)O[C@H](COC(=O)CCC/C=C\C/C=C\C/C=C\C/C=C\CCCCCO)COP(=O)(O)OC[C@@H](O)CO. The Morgan fingerprint density at radius 3 is 1.54 bits per heavy atom. The van der Waals surface area contributed by atoms with Gasteiger partial charge in [-0.05, 0) is 89.9 Å². The van der Waals surface area contributed by atoms with Crippen LogP contribution in [0.4, 0.5) is 0 Å². The van der Waals surface area contributed by atoms with Crippen LogP contribution in [-0.4, -0.2) is 77.4 Å². The second-order valence-electron chi connectivity index (χ2n) is 13.3. The summed E-state index contributed by atoms with van der Waals surface area (Å²) in [4.78, 5) is 34.9. The van der Waals surface area contributed by atoms with Gasteiger partial charge in [0, 0.05) is 19.4 Å². The quantitative estimate of drug-likeness (QED) is 0.0203. The van der Waals surface area contributed by atoms with Crippen LogP contribution in [0.1, 0.15) is 135 Å². The maximum absolute atomic E-state index is 12.6. The van der Waals surface area contributed by atoms with E-state index in [-0.39, 0.29) is 26.1 Å². The average Bonchev–Trinajstić information content (AvgIpc) is 3.19. The number of unbranched alkanes of at least 4 members (excludes halogenated alkanes) is 9. The number of carbonyl (C=O) groups is 2. The Morgan fingerprint density at radius 2 is 1.00 bits per heavy atom. The fourth-order valence-electron chi connectivity index (χ4n) is 4.92. The lowest BCUT2D eigenvalue weighted by atomic mass is 10.1. The van der Waals surface area contributed by atoms with Crippen molar-refractivity contribution >= 4 is 19.8 Å². The summed E-state index contributed by atoms with van der Waals surface area (Å²) in [7, 11) is -4.64. The van der Waals surface area contributed by atoms with E-state index in [9.17, 15) is 24.2 Å². The first-order valence-electron chi connectivity index (χ1n) is 20.7. The van der Waals surface area contributed by atoms with E-state index in [4.69, 9.17) is 24.2 Å². The van der Waals surface area contributed by atoms with Crippen molar-refractivity contribution in [3.8, 4) is 0 Å². The van der Waals surface area contributed by atoms with E-state index in [1.54, 1.807) is 0 Å². The monoisotopic (exact) mass is 808 g/mol. The number of aliphatic hydroxyl groups is 3. The third-order valence-electron chi connectivity index (χ3n) is 8.09. The molecule has 0 bridgehead atoms. The van der Waals surface area contributed by atoms with Crippen molar-refractivity contribution in [3.05, 3.63) is 85.1 Å². The molecule has 56 heavy (non-hydrogen) atoms. The number of hydrogen-bond donors (Lipinski definition) is 4. The van der Waals surface area contributed by atoms with E-state index < -0.39 is 51.8 Å². The normalized spacial score (nSPS) is 14.7. The van der Waals surface area contributed by atoms with Gasteiger partial charge in [0.05, 0.1) is 19.8 Å². The number of rotatable bonds is 38. The molecule has 320 valence electrons. The third kappa shape index (κ3) is 39.3. The van der Waals surface area contributed by atoms with E-state index in [0.717, 1.165) is 96.3 Å². The molecule has 0 aliphatic carbocycles. The van der Waals surface area contributed by atoms with Crippen LogP contribution in [0.3, 0.4) is 0 Å². The van der Waals surface area contributed by atoms with E-state index in [1.807, 2.05) is 12.2 Å². The number of ether oxygens (including phenoxy) is 2. The summed E-state index contributed by atoms with van der Waals surface area (Å²) in [5.74, 6) is -1.03. The number of phosphoric acid groups is 1. The van der Waals surface area contributed by atoms with Gasteiger partial charge in [0.2, 0.25) is 0 Å². The molecule has 3 atom stereocenters. The summed E-state index contributed by atoms with van der Waals surface area (Å²) in [5.41, 5.74) is 0. The molecule has 0 aromatic carbocycles. The molecule has 0 aliphatic heterocycles. The zero-order valence-electron chi connectivity index (χ0n) is 34.0. The first kappa shape index (κ1) is 53.1.